The van der Waals surface area contributed by atoms with Crippen LogP contribution in [-0.2, 0) is 9.59 Å². The molecule has 3 aromatic rings. The molecule has 41 heavy (non-hydrogen) atoms. The molecule has 1 aliphatic heterocycles. The molecule has 3 aromatic carbocycles. The number of carbonyl (C=O) groups excluding carboxylic acids is 3. The van der Waals surface area contributed by atoms with Crippen LogP contribution in [0.5, 0.6) is 5.75 Å². The fourth-order valence-electron chi connectivity index (χ4n) is 4.25. The molecule has 1 heterocycles. The molecule has 0 aromatic heterocycles. The van der Waals surface area contributed by atoms with Gasteiger partial charge in [-0.25, -0.2) is 14.0 Å². The quantitative estimate of drug-likeness (QED) is 0.274. The molecular formula is C27H24FN5O8. The molecule has 0 radical (unpaired) electrons. The number of aliphatic carboxylic acids is 1. The Bertz CT molecular complexity index is 1470. The molecule has 4 amide bonds. The van der Waals surface area contributed by atoms with Crippen LogP contribution in [0.15, 0.2) is 78.9 Å². The van der Waals surface area contributed by atoms with Crippen LogP contribution in [0.3, 0.4) is 0 Å². The molecule has 2 atom stereocenters. The summed E-state index contributed by atoms with van der Waals surface area (Å²) in [6, 6.07) is 16.0. The zero-order valence-electron chi connectivity index (χ0n) is 21.3. The second-order valence-corrected chi connectivity index (χ2v) is 8.89. The summed E-state index contributed by atoms with van der Waals surface area (Å²) in [5, 5.41) is 25.7. The molecule has 1 aliphatic rings. The maximum absolute atomic E-state index is 13.7. The number of benzene rings is 3. The van der Waals surface area contributed by atoms with Crippen LogP contribution in [0, 0.1) is 15.9 Å². The number of urea groups is 1. The van der Waals surface area contributed by atoms with Crippen molar-refractivity contribution in [2.24, 2.45) is 0 Å². The highest BCUT2D eigenvalue weighted by molar-refractivity contribution is 5.96. The highest BCUT2D eigenvalue weighted by Crippen LogP contribution is 2.25. The molecule has 2 unspecified atom stereocenters. The third kappa shape index (κ3) is 7.11. The Balaban J connectivity index is 1.63. The number of nitrogens with one attached hydrogen (secondary N) is 2. The predicted molar refractivity (Wildman–Crippen MR) is 141 cm³/mol. The summed E-state index contributed by atoms with van der Waals surface area (Å²) in [6.45, 7) is -0.246. The zero-order valence-corrected chi connectivity index (χ0v) is 21.3. The van der Waals surface area contributed by atoms with Crippen LogP contribution < -0.4 is 15.4 Å². The molecule has 1 saturated heterocycles. The van der Waals surface area contributed by atoms with Crippen LogP contribution in [0.4, 0.5) is 25.4 Å². The van der Waals surface area contributed by atoms with E-state index < -0.39 is 53.4 Å². The average molecular weight is 566 g/mol. The van der Waals surface area contributed by atoms with Crippen molar-refractivity contribution in [1.82, 2.24) is 15.1 Å². The normalized spacial score (nSPS) is 15.1. The highest BCUT2D eigenvalue weighted by atomic mass is 19.1. The number of para-hydroxylation sites is 1. The first kappa shape index (κ1) is 28.5. The van der Waals surface area contributed by atoms with E-state index in [1.165, 1.54) is 48.5 Å². The van der Waals surface area contributed by atoms with Gasteiger partial charge in [0.25, 0.3) is 11.6 Å². The van der Waals surface area contributed by atoms with Crippen molar-refractivity contribution in [1.29, 1.82) is 0 Å². The lowest BCUT2D eigenvalue weighted by Gasteiger charge is -2.30. The summed E-state index contributed by atoms with van der Waals surface area (Å²) in [4.78, 5) is 64.1. The van der Waals surface area contributed by atoms with E-state index in [1.54, 1.807) is 18.2 Å². The minimum atomic E-state index is -1.60. The highest BCUT2D eigenvalue weighted by Gasteiger charge is 2.44. The van der Waals surface area contributed by atoms with Crippen molar-refractivity contribution in [3.05, 3.63) is 100 Å². The number of anilines is 1. The maximum atomic E-state index is 13.7. The minimum absolute atomic E-state index is 0.0971. The van der Waals surface area contributed by atoms with Crippen molar-refractivity contribution in [2.75, 3.05) is 18.4 Å². The van der Waals surface area contributed by atoms with E-state index in [4.69, 9.17) is 4.74 Å². The summed E-state index contributed by atoms with van der Waals surface area (Å²) >= 11 is 0. The largest absolute Gasteiger partial charge is 0.481 e. The molecule has 0 saturated carbocycles. The molecule has 4 rings (SSSR count). The first-order chi connectivity index (χ1) is 19.6. The fourth-order valence-corrected chi connectivity index (χ4v) is 4.25. The van der Waals surface area contributed by atoms with E-state index in [-0.39, 0.29) is 35.8 Å². The SMILES string of the molecule is O=C(O)CC(NC(=O)C1N(C(=O)Nc2cccc(F)c2)CCN1C(=O)Oc1ccccc1)c1cccc([N+](=O)[O-])c1. The van der Waals surface area contributed by atoms with Gasteiger partial charge in [-0.15, -0.1) is 0 Å². The number of hydrogen-bond donors (Lipinski definition) is 3. The van der Waals surface area contributed by atoms with E-state index in [0.29, 0.717) is 0 Å². The van der Waals surface area contributed by atoms with E-state index in [2.05, 4.69) is 10.6 Å². The van der Waals surface area contributed by atoms with Gasteiger partial charge in [-0.1, -0.05) is 36.4 Å². The van der Waals surface area contributed by atoms with Crippen LogP contribution in [-0.4, -0.2) is 63.1 Å². The lowest BCUT2D eigenvalue weighted by molar-refractivity contribution is -0.384. The third-order valence-electron chi connectivity index (χ3n) is 6.11. The molecule has 3 N–H and O–H groups in total. The molecule has 212 valence electrons. The van der Waals surface area contributed by atoms with Gasteiger partial charge in [0.2, 0.25) is 0 Å². The molecule has 1 fully saturated rings. The maximum Gasteiger partial charge on any atom is 0.417 e. The van der Waals surface area contributed by atoms with Crippen molar-refractivity contribution in [2.45, 2.75) is 18.6 Å². The van der Waals surface area contributed by atoms with Crippen LogP contribution in [0.25, 0.3) is 0 Å². The van der Waals surface area contributed by atoms with Crippen molar-refractivity contribution in [3.8, 4) is 5.75 Å². The Labute approximate surface area is 232 Å². The van der Waals surface area contributed by atoms with E-state index in [9.17, 15) is 38.8 Å². The molecule has 0 bridgehead atoms. The summed E-state index contributed by atoms with van der Waals surface area (Å²) in [7, 11) is 0. The number of hydrogen-bond acceptors (Lipinski definition) is 7. The lowest BCUT2D eigenvalue weighted by Crippen LogP contribution is -2.55. The number of non-ortho nitro benzene ring substituents is 1. The lowest BCUT2D eigenvalue weighted by atomic mass is 10.0. The third-order valence-corrected chi connectivity index (χ3v) is 6.11. The molecular weight excluding hydrogens is 541 g/mol. The number of nitrogens with zero attached hydrogens (tertiary/aromatic N) is 3. The smallest absolute Gasteiger partial charge is 0.417 e. The van der Waals surface area contributed by atoms with Crippen LogP contribution in [0.1, 0.15) is 18.0 Å². The van der Waals surface area contributed by atoms with Gasteiger partial charge in [0.1, 0.15) is 11.6 Å². The Morgan fingerprint density at radius 2 is 1.71 bits per heavy atom. The number of nitro benzene ring substituents is 1. The first-order valence-corrected chi connectivity index (χ1v) is 12.3. The van der Waals surface area contributed by atoms with Gasteiger partial charge >= 0.3 is 18.1 Å². The average Bonchev–Trinajstić information content (AvgIpc) is 3.39. The van der Waals surface area contributed by atoms with Gasteiger partial charge < -0.3 is 20.5 Å². The molecule has 0 aliphatic carbocycles. The first-order valence-electron chi connectivity index (χ1n) is 12.3. The number of ether oxygens (including phenoxy) is 1. The topological polar surface area (TPSA) is 171 Å². The number of carboxylic acid groups (broad SMARTS) is 1. The monoisotopic (exact) mass is 565 g/mol. The minimum Gasteiger partial charge on any atom is -0.481 e. The van der Waals surface area contributed by atoms with E-state index >= 15 is 0 Å². The molecule has 14 heteroatoms. The Morgan fingerprint density at radius 1 is 1.00 bits per heavy atom. The fraction of sp³-hybridized carbons (Fsp3) is 0.185. The molecule has 0 spiro atoms. The van der Waals surface area contributed by atoms with Gasteiger partial charge in [0, 0.05) is 30.9 Å². The van der Waals surface area contributed by atoms with Gasteiger partial charge in [0.05, 0.1) is 17.4 Å². The molecule has 13 nitrogen and oxygen atoms in total. The number of carboxylic acids is 1. The zero-order chi connectivity index (χ0) is 29.5. The van der Waals surface area contributed by atoms with Gasteiger partial charge in [0.15, 0.2) is 6.17 Å². The standard InChI is InChI=1S/C27H24FN5O8/c28-18-7-5-8-19(15-18)29-26(37)31-12-13-32(27(38)41-21-10-2-1-3-11-21)25(31)24(36)30-22(16-23(34)35)17-6-4-9-20(14-17)33(39)40/h1-11,14-15,22,25H,12-13,16H2,(H,29,37)(H,30,36)(H,34,35). The van der Waals surface area contributed by atoms with Crippen LogP contribution in [0.2, 0.25) is 0 Å². The summed E-state index contributed by atoms with van der Waals surface area (Å²) < 4.78 is 19.0. The van der Waals surface area contributed by atoms with Crippen molar-refractivity contribution in [3.63, 3.8) is 0 Å². The van der Waals surface area contributed by atoms with E-state index in [0.717, 1.165) is 21.9 Å². The van der Waals surface area contributed by atoms with E-state index in [1.807, 2.05) is 0 Å². The summed E-state index contributed by atoms with van der Waals surface area (Å²) in [5.41, 5.74) is -0.0980. The summed E-state index contributed by atoms with van der Waals surface area (Å²) in [6.07, 6.45) is -3.21. The van der Waals surface area contributed by atoms with Gasteiger partial charge in [-0.3, -0.25) is 29.5 Å². The number of nitro groups is 1. The predicted octanol–water partition coefficient (Wildman–Crippen LogP) is 3.74. The Morgan fingerprint density at radius 3 is 2.39 bits per heavy atom. The second-order valence-electron chi connectivity index (χ2n) is 8.89. The van der Waals surface area contributed by atoms with Crippen LogP contribution >= 0.6 is 0 Å². The summed E-state index contributed by atoms with van der Waals surface area (Å²) in [5.74, 6) is -2.69. The van der Waals surface area contributed by atoms with Gasteiger partial charge in [-0.05, 0) is 35.9 Å². The Kier molecular flexibility index (Phi) is 8.72. The number of halogens is 1. The van der Waals surface area contributed by atoms with Gasteiger partial charge in [-0.2, -0.15) is 0 Å². The van der Waals surface area contributed by atoms with Crippen molar-refractivity contribution >= 4 is 35.4 Å². The second kappa shape index (κ2) is 12.5. The Hall–Kier alpha value is -5.53. The number of carbonyl (C=O) groups is 4. The number of amides is 4. The van der Waals surface area contributed by atoms with Crippen molar-refractivity contribution < 1.29 is 38.3 Å². The number of rotatable bonds is 8.